The Bertz CT molecular complexity index is 121. The van der Waals surface area contributed by atoms with Crippen molar-refractivity contribution in [3.63, 3.8) is 0 Å². The minimum Gasteiger partial charge on any atom is -0.512 e. The van der Waals surface area contributed by atoms with Crippen LogP contribution in [0.5, 0.6) is 0 Å². The number of aliphatic hydroxyl groups excluding tert-OH is 2. The minimum absolute atomic E-state index is 0.326. The number of hydrogen-bond acceptors (Lipinski definition) is 5. The summed E-state index contributed by atoms with van der Waals surface area (Å²) in [6.07, 6.45) is 2.57. The standard InChI is InChI=1S/C4H8N2O3/c5-6-4(8)3-9-2-1-7/h1-3,6-8H,5H2/b2-1-,4-3-. The molecule has 0 amide bonds. The van der Waals surface area contributed by atoms with Crippen LogP contribution < -0.4 is 11.3 Å². The van der Waals surface area contributed by atoms with Crippen LogP contribution in [0.15, 0.2) is 24.7 Å². The van der Waals surface area contributed by atoms with Crippen LogP contribution in [-0.2, 0) is 4.74 Å². The van der Waals surface area contributed by atoms with Crippen LogP contribution in [0.2, 0.25) is 0 Å². The Hall–Kier alpha value is -1.36. The molecular formula is C4H8N2O3. The van der Waals surface area contributed by atoms with Gasteiger partial charge in [-0.05, 0) is 0 Å². The van der Waals surface area contributed by atoms with Crippen molar-refractivity contribution in [1.29, 1.82) is 0 Å². The Morgan fingerprint density at radius 2 is 2.33 bits per heavy atom. The van der Waals surface area contributed by atoms with Crippen LogP contribution in [-0.4, -0.2) is 10.2 Å². The first-order valence-electron chi connectivity index (χ1n) is 2.11. The third-order valence-electron chi connectivity index (χ3n) is 0.467. The van der Waals surface area contributed by atoms with Gasteiger partial charge >= 0.3 is 0 Å². The van der Waals surface area contributed by atoms with Crippen molar-refractivity contribution in [3.05, 3.63) is 24.7 Å². The number of hydrazine groups is 1. The molecule has 0 saturated heterocycles. The van der Waals surface area contributed by atoms with E-state index in [0.717, 1.165) is 12.5 Å². The summed E-state index contributed by atoms with van der Waals surface area (Å²) in [7, 11) is 0. The lowest BCUT2D eigenvalue weighted by molar-refractivity contribution is 0.302. The summed E-state index contributed by atoms with van der Waals surface area (Å²) >= 11 is 0. The lowest BCUT2D eigenvalue weighted by atomic mass is 10.9. The van der Waals surface area contributed by atoms with Gasteiger partial charge in [0, 0.05) is 0 Å². The number of aliphatic hydroxyl groups is 2. The zero-order valence-electron chi connectivity index (χ0n) is 4.61. The molecule has 0 aliphatic rings. The van der Waals surface area contributed by atoms with E-state index in [1.165, 1.54) is 0 Å². The van der Waals surface area contributed by atoms with E-state index in [0.29, 0.717) is 6.26 Å². The molecule has 0 atom stereocenters. The third-order valence-corrected chi connectivity index (χ3v) is 0.467. The second-order valence-corrected chi connectivity index (χ2v) is 1.07. The zero-order valence-corrected chi connectivity index (χ0v) is 4.61. The van der Waals surface area contributed by atoms with Crippen LogP contribution in [0.4, 0.5) is 0 Å². The molecule has 0 heterocycles. The van der Waals surface area contributed by atoms with E-state index in [2.05, 4.69) is 4.74 Å². The average molecular weight is 132 g/mol. The fourth-order valence-corrected chi connectivity index (χ4v) is 0.173. The largest absolute Gasteiger partial charge is 0.512 e. The highest BCUT2D eigenvalue weighted by Gasteiger charge is 1.81. The summed E-state index contributed by atoms with van der Waals surface area (Å²) in [6.45, 7) is 0. The first-order valence-corrected chi connectivity index (χ1v) is 2.11. The second-order valence-electron chi connectivity index (χ2n) is 1.07. The van der Waals surface area contributed by atoms with Gasteiger partial charge in [0.25, 0.3) is 0 Å². The maximum absolute atomic E-state index is 8.47. The van der Waals surface area contributed by atoms with Gasteiger partial charge in [0.1, 0.15) is 12.5 Å². The first kappa shape index (κ1) is 7.64. The van der Waals surface area contributed by atoms with Gasteiger partial charge in [-0.3, -0.25) is 5.43 Å². The Labute approximate surface area is 52.0 Å². The summed E-state index contributed by atoms with van der Waals surface area (Å²) in [6, 6.07) is 0. The molecule has 0 aliphatic carbocycles. The van der Waals surface area contributed by atoms with E-state index in [9.17, 15) is 0 Å². The van der Waals surface area contributed by atoms with Gasteiger partial charge in [-0.15, -0.1) is 0 Å². The molecule has 0 aromatic carbocycles. The number of nitrogens with two attached hydrogens (primary N) is 1. The Balaban J connectivity index is 3.43. The molecule has 5 nitrogen and oxygen atoms in total. The van der Waals surface area contributed by atoms with E-state index < -0.39 is 0 Å². The van der Waals surface area contributed by atoms with Crippen LogP contribution >= 0.6 is 0 Å². The second kappa shape index (κ2) is 4.79. The normalized spacial score (nSPS) is 11.9. The molecule has 0 radical (unpaired) electrons. The molecule has 0 rings (SSSR count). The van der Waals surface area contributed by atoms with E-state index in [-0.39, 0.29) is 5.88 Å². The summed E-state index contributed by atoms with van der Waals surface area (Å²) < 4.78 is 4.35. The van der Waals surface area contributed by atoms with Crippen LogP contribution in [0.1, 0.15) is 0 Å². The Morgan fingerprint density at radius 3 is 2.78 bits per heavy atom. The van der Waals surface area contributed by atoms with Crippen LogP contribution in [0.25, 0.3) is 0 Å². The molecule has 9 heavy (non-hydrogen) atoms. The smallest absolute Gasteiger partial charge is 0.235 e. The van der Waals surface area contributed by atoms with Gasteiger partial charge in [0.05, 0.1) is 0 Å². The van der Waals surface area contributed by atoms with Crippen molar-refractivity contribution >= 4 is 0 Å². The molecule has 0 saturated carbocycles. The minimum atomic E-state index is -0.326. The topological polar surface area (TPSA) is 87.7 Å². The summed E-state index contributed by atoms with van der Waals surface area (Å²) in [5.74, 6) is 4.39. The fourth-order valence-electron chi connectivity index (χ4n) is 0.173. The number of nitrogens with one attached hydrogen (secondary N) is 1. The molecule has 0 bridgehead atoms. The first-order chi connectivity index (χ1) is 4.31. The highest BCUT2D eigenvalue weighted by Crippen LogP contribution is 1.81. The monoisotopic (exact) mass is 132 g/mol. The molecule has 0 fully saturated rings. The van der Waals surface area contributed by atoms with E-state index in [4.69, 9.17) is 16.1 Å². The predicted molar refractivity (Wildman–Crippen MR) is 30.9 cm³/mol. The molecule has 0 unspecified atom stereocenters. The van der Waals surface area contributed by atoms with Crippen molar-refractivity contribution in [2.45, 2.75) is 0 Å². The summed E-state index contributed by atoms with van der Waals surface area (Å²) in [5, 5.41) is 16.5. The van der Waals surface area contributed by atoms with Gasteiger partial charge < -0.3 is 14.9 Å². The van der Waals surface area contributed by atoms with Gasteiger partial charge in [-0.25, -0.2) is 5.84 Å². The third kappa shape index (κ3) is 4.49. The maximum Gasteiger partial charge on any atom is 0.235 e. The highest BCUT2D eigenvalue weighted by atomic mass is 16.5. The number of rotatable bonds is 3. The molecule has 5 heteroatoms. The average Bonchev–Trinajstić information content (AvgIpc) is 1.89. The predicted octanol–water partition coefficient (Wildman–Crippen LogP) is -0.148. The summed E-state index contributed by atoms with van der Waals surface area (Å²) in [5.41, 5.74) is 1.90. The molecule has 0 aromatic rings. The van der Waals surface area contributed by atoms with E-state index in [1.807, 2.05) is 5.43 Å². The Kier molecular flexibility index (Phi) is 4.07. The van der Waals surface area contributed by atoms with Gasteiger partial charge in [-0.2, -0.15) is 0 Å². The van der Waals surface area contributed by atoms with Gasteiger partial charge in [-0.1, -0.05) is 0 Å². The lowest BCUT2D eigenvalue weighted by Crippen LogP contribution is -2.20. The summed E-state index contributed by atoms with van der Waals surface area (Å²) in [4.78, 5) is 0. The van der Waals surface area contributed by atoms with Crippen molar-refractivity contribution in [3.8, 4) is 0 Å². The number of ether oxygens (including phenoxy) is 1. The molecule has 5 N–H and O–H groups in total. The highest BCUT2D eigenvalue weighted by molar-refractivity contribution is 4.79. The van der Waals surface area contributed by atoms with E-state index in [1.54, 1.807) is 0 Å². The SMILES string of the molecule is NN/C(O)=C/O/C=C\O. The molecule has 0 aromatic heterocycles. The molecule has 0 aliphatic heterocycles. The van der Waals surface area contributed by atoms with Crippen molar-refractivity contribution in [1.82, 2.24) is 5.43 Å². The van der Waals surface area contributed by atoms with Crippen molar-refractivity contribution in [2.75, 3.05) is 0 Å². The quantitative estimate of drug-likeness (QED) is 0.244. The van der Waals surface area contributed by atoms with E-state index >= 15 is 0 Å². The lowest BCUT2D eigenvalue weighted by Gasteiger charge is -1.93. The number of hydrogen-bond donors (Lipinski definition) is 4. The van der Waals surface area contributed by atoms with Gasteiger partial charge in [0.2, 0.25) is 5.88 Å². The molecule has 0 spiro atoms. The van der Waals surface area contributed by atoms with Crippen LogP contribution in [0.3, 0.4) is 0 Å². The zero-order chi connectivity index (χ0) is 7.11. The van der Waals surface area contributed by atoms with Crippen LogP contribution in [0, 0.1) is 0 Å². The Morgan fingerprint density at radius 1 is 1.67 bits per heavy atom. The molecular weight excluding hydrogens is 124 g/mol. The maximum atomic E-state index is 8.47. The molecule has 52 valence electrons. The van der Waals surface area contributed by atoms with Crippen molar-refractivity contribution in [2.24, 2.45) is 5.84 Å². The van der Waals surface area contributed by atoms with Gasteiger partial charge in [0.15, 0.2) is 6.26 Å². The fraction of sp³-hybridized carbons (Fsp3) is 0. The van der Waals surface area contributed by atoms with Crippen molar-refractivity contribution < 1.29 is 14.9 Å².